The van der Waals surface area contributed by atoms with Crippen molar-refractivity contribution in [2.45, 2.75) is 4.90 Å². The fraction of sp³-hybridized carbons (Fsp3) is 0.125. The highest BCUT2D eigenvalue weighted by Crippen LogP contribution is 2.16. The summed E-state index contributed by atoms with van der Waals surface area (Å²) in [5, 5.41) is 8.63. The van der Waals surface area contributed by atoms with Gasteiger partial charge in [-0.1, -0.05) is 4.89 Å². The molecule has 0 atom stereocenters. The van der Waals surface area contributed by atoms with Gasteiger partial charge in [0, 0.05) is 0 Å². The van der Waals surface area contributed by atoms with Crippen LogP contribution in [0.25, 0.3) is 0 Å². The second-order valence-electron chi connectivity index (χ2n) is 2.74. The normalized spacial score (nSPS) is 11.4. The van der Waals surface area contributed by atoms with E-state index in [4.69, 9.17) is 5.11 Å². The zero-order valence-electron chi connectivity index (χ0n) is 8.10. The molecule has 1 rings (SSSR count). The molecule has 2 N–H and O–H groups in total. The fourth-order valence-electron chi connectivity index (χ4n) is 0.997. The molecule has 0 saturated heterocycles. The van der Waals surface area contributed by atoms with Crippen LogP contribution in [0.1, 0.15) is 10.4 Å². The van der Waals surface area contributed by atoms with Gasteiger partial charge in [-0.05, 0) is 18.2 Å². The first kappa shape index (κ1) is 12.6. The van der Waals surface area contributed by atoms with E-state index in [1.54, 1.807) is 4.89 Å². The van der Waals surface area contributed by atoms with Crippen LogP contribution in [0.4, 0.5) is 4.39 Å². The van der Waals surface area contributed by atoms with Crippen molar-refractivity contribution in [2.24, 2.45) is 0 Å². The smallest absolute Gasteiger partial charge is 0.335 e. The lowest BCUT2D eigenvalue weighted by Crippen LogP contribution is -2.23. The summed E-state index contributed by atoms with van der Waals surface area (Å²) in [6, 6.07) is 2.43. The summed E-state index contributed by atoms with van der Waals surface area (Å²) in [4.78, 5) is 15.5. The molecule has 1 aromatic rings. The molecule has 0 saturated carbocycles. The van der Waals surface area contributed by atoms with Gasteiger partial charge in [0.25, 0.3) is 10.0 Å². The molecule has 8 heteroatoms. The first-order chi connectivity index (χ1) is 7.38. The molecule has 0 radical (unpaired) electrons. The number of sulfonamides is 1. The first-order valence-electron chi connectivity index (χ1n) is 3.96. The molecular weight excluding hydrogens is 241 g/mol. The van der Waals surface area contributed by atoms with Gasteiger partial charge in [-0.15, -0.1) is 0 Å². The topological polar surface area (TPSA) is 92.7 Å². The largest absolute Gasteiger partial charge is 0.478 e. The Balaban J connectivity index is 3.33. The summed E-state index contributed by atoms with van der Waals surface area (Å²) in [5.41, 5.74) is -0.335. The predicted molar refractivity (Wildman–Crippen MR) is 50.7 cm³/mol. The van der Waals surface area contributed by atoms with Gasteiger partial charge in [-0.2, -0.15) is 0 Å². The number of carboxylic acids is 1. The molecule has 0 aromatic heterocycles. The number of carboxylic acid groups (broad SMARTS) is 1. The minimum absolute atomic E-state index is 0.335. The standard InChI is InChI=1S/C8H8FNO5S/c1-15-10-16(13,14)7-4-5(8(11)12)2-3-6(7)9/h2-4,10H,1H3,(H,11,12). The summed E-state index contributed by atoms with van der Waals surface area (Å²) in [7, 11) is -3.17. The average molecular weight is 249 g/mol. The van der Waals surface area contributed by atoms with Crippen molar-refractivity contribution in [3.63, 3.8) is 0 Å². The number of carbonyl (C=O) groups is 1. The Kier molecular flexibility index (Phi) is 3.58. The molecule has 0 bridgehead atoms. The van der Waals surface area contributed by atoms with Crippen molar-refractivity contribution in [1.29, 1.82) is 0 Å². The lowest BCUT2D eigenvalue weighted by Gasteiger charge is -2.06. The molecule has 0 aliphatic rings. The Labute approximate surface area is 90.7 Å². The Morgan fingerprint density at radius 2 is 2.12 bits per heavy atom. The van der Waals surface area contributed by atoms with Crippen LogP contribution in [-0.2, 0) is 14.9 Å². The van der Waals surface area contributed by atoms with Crippen LogP contribution < -0.4 is 4.89 Å². The zero-order valence-corrected chi connectivity index (χ0v) is 8.91. The summed E-state index contributed by atoms with van der Waals surface area (Å²) < 4.78 is 35.9. The third-order valence-electron chi connectivity index (χ3n) is 1.66. The number of hydrogen-bond donors (Lipinski definition) is 2. The monoisotopic (exact) mass is 249 g/mol. The molecule has 0 aliphatic carbocycles. The van der Waals surface area contributed by atoms with E-state index in [1.165, 1.54) is 0 Å². The van der Waals surface area contributed by atoms with Crippen LogP contribution in [-0.4, -0.2) is 26.6 Å². The maximum atomic E-state index is 13.2. The summed E-state index contributed by atoms with van der Waals surface area (Å²) in [6.45, 7) is 0. The van der Waals surface area contributed by atoms with E-state index in [0.717, 1.165) is 19.2 Å². The van der Waals surface area contributed by atoms with Gasteiger partial charge < -0.3 is 5.11 Å². The highest BCUT2D eigenvalue weighted by Gasteiger charge is 2.20. The van der Waals surface area contributed by atoms with E-state index < -0.39 is 26.7 Å². The Hall–Kier alpha value is -1.51. The van der Waals surface area contributed by atoms with Crippen LogP contribution in [0.2, 0.25) is 0 Å². The molecule has 88 valence electrons. The molecule has 0 amide bonds. The van der Waals surface area contributed by atoms with Crippen LogP contribution in [0.3, 0.4) is 0 Å². The van der Waals surface area contributed by atoms with Crippen molar-refractivity contribution in [3.8, 4) is 0 Å². The third-order valence-corrected chi connectivity index (χ3v) is 2.94. The maximum Gasteiger partial charge on any atom is 0.335 e. The van der Waals surface area contributed by atoms with Crippen molar-refractivity contribution in [2.75, 3.05) is 7.11 Å². The maximum absolute atomic E-state index is 13.2. The van der Waals surface area contributed by atoms with E-state index in [-0.39, 0.29) is 5.56 Å². The Morgan fingerprint density at radius 3 is 2.62 bits per heavy atom. The van der Waals surface area contributed by atoms with Gasteiger partial charge >= 0.3 is 5.97 Å². The highest BCUT2D eigenvalue weighted by atomic mass is 32.2. The van der Waals surface area contributed by atoms with E-state index in [2.05, 4.69) is 4.84 Å². The number of benzene rings is 1. The van der Waals surface area contributed by atoms with E-state index in [9.17, 15) is 17.6 Å². The van der Waals surface area contributed by atoms with Crippen molar-refractivity contribution in [3.05, 3.63) is 29.6 Å². The van der Waals surface area contributed by atoms with Crippen LogP contribution in [0.5, 0.6) is 0 Å². The first-order valence-corrected chi connectivity index (χ1v) is 5.44. The Bertz CT molecular complexity index is 513. The molecule has 1 aromatic carbocycles. The van der Waals surface area contributed by atoms with E-state index in [1.807, 2.05) is 0 Å². The van der Waals surface area contributed by atoms with Gasteiger partial charge in [0.05, 0.1) is 12.7 Å². The second-order valence-corrected chi connectivity index (χ2v) is 4.35. The second kappa shape index (κ2) is 4.56. The van der Waals surface area contributed by atoms with Gasteiger partial charge in [-0.3, -0.25) is 4.84 Å². The molecule has 0 heterocycles. The molecular formula is C8H8FNO5S. The van der Waals surface area contributed by atoms with Gasteiger partial charge in [0.1, 0.15) is 10.7 Å². The number of aromatic carboxylic acids is 1. The number of hydrogen-bond acceptors (Lipinski definition) is 4. The molecule has 0 spiro atoms. The summed E-state index contributed by atoms with van der Waals surface area (Å²) >= 11 is 0. The quantitative estimate of drug-likeness (QED) is 0.752. The van der Waals surface area contributed by atoms with Crippen molar-refractivity contribution in [1.82, 2.24) is 4.89 Å². The minimum atomic E-state index is -4.21. The van der Waals surface area contributed by atoms with Gasteiger partial charge in [0.15, 0.2) is 0 Å². The third kappa shape index (κ3) is 2.54. The Morgan fingerprint density at radius 1 is 1.50 bits per heavy atom. The van der Waals surface area contributed by atoms with Crippen molar-refractivity contribution < 1.29 is 27.5 Å². The van der Waals surface area contributed by atoms with Crippen LogP contribution in [0.15, 0.2) is 23.1 Å². The van der Waals surface area contributed by atoms with Gasteiger partial charge in [-0.25, -0.2) is 17.6 Å². The summed E-state index contributed by atoms with van der Waals surface area (Å²) in [5.74, 6) is -2.41. The molecule has 6 nitrogen and oxygen atoms in total. The molecule has 0 aliphatic heterocycles. The zero-order chi connectivity index (χ0) is 12.3. The average Bonchev–Trinajstić information content (AvgIpc) is 2.17. The lowest BCUT2D eigenvalue weighted by atomic mass is 10.2. The minimum Gasteiger partial charge on any atom is -0.478 e. The number of halogens is 1. The van der Waals surface area contributed by atoms with E-state index in [0.29, 0.717) is 6.07 Å². The molecule has 0 unspecified atom stereocenters. The number of nitrogens with one attached hydrogen (secondary N) is 1. The van der Waals surface area contributed by atoms with Crippen LogP contribution >= 0.6 is 0 Å². The lowest BCUT2D eigenvalue weighted by molar-refractivity contribution is 0.0696. The number of rotatable bonds is 4. The SMILES string of the molecule is CONS(=O)(=O)c1cc(C(=O)O)ccc1F. The van der Waals surface area contributed by atoms with Crippen LogP contribution in [0, 0.1) is 5.82 Å². The molecule has 16 heavy (non-hydrogen) atoms. The highest BCUT2D eigenvalue weighted by molar-refractivity contribution is 7.89. The van der Waals surface area contributed by atoms with Crippen molar-refractivity contribution >= 4 is 16.0 Å². The molecule has 0 fully saturated rings. The van der Waals surface area contributed by atoms with E-state index >= 15 is 0 Å². The van der Waals surface area contributed by atoms with Gasteiger partial charge in [0.2, 0.25) is 0 Å². The fourth-order valence-corrected chi connectivity index (χ4v) is 1.91. The predicted octanol–water partition coefficient (Wildman–Crippen LogP) is 0.364. The summed E-state index contributed by atoms with van der Waals surface area (Å²) in [6.07, 6.45) is 0.